The maximum atomic E-state index is 12.4. The Kier molecular flexibility index (Phi) is 5.61. The number of nitrogens with one attached hydrogen (secondary N) is 2. The first kappa shape index (κ1) is 20.5. The molecular weight excluding hydrogens is 424 g/mol. The number of rotatable bonds is 6. The molecule has 2 N–H and O–H groups in total. The summed E-state index contributed by atoms with van der Waals surface area (Å²) in [5, 5.41) is 10.6. The van der Waals surface area contributed by atoms with Gasteiger partial charge in [-0.3, -0.25) is 9.48 Å². The van der Waals surface area contributed by atoms with Crippen LogP contribution < -0.4 is 15.5 Å². The molecular formula is C19H23ClN8OS. The lowest BCUT2D eigenvalue weighted by Crippen LogP contribution is -2.49. The summed E-state index contributed by atoms with van der Waals surface area (Å²) in [6.07, 6.45) is 5.53. The van der Waals surface area contributed by atoms with Gasteiger partial charge in [-0.15, -0.1) is 11.3 Å². The van der Waals surface area contributed by atoms with E-state index in [-0.39, 0.29) is 17.9 Å². The van der Waals surface area contributed by atoms with Crippen molar-refractivity contribution in [2.75, 3.05) is 22.6 Å². The van der Waals surface area contributed by atoms with Crippen LogP contribution in [0.15, 0.2) is 18.6 Å². The summed E-state index contributed by atoms with van der Waals surface area (Å²) in [5.74, 6) is 1.37. The number of aryl methyl sites for hydroxylation is 1. The molecule has 0 radical (unpaired) electrons. The van der Waals surface area contributed by atoms with Crippen LogP contribution in [-0.4, -0.2) is 43.7 Å². The Labute approximate surface area is 183 Å². The molecule has 1 atom stereocenters. The second kappa shape index (κ2) is 8.19. The van der Waals surface area contributed by atoms with Crippen molar-refractivity contribution in [3.05, 3.63) is 39.2 Å². The Morgan fingerprint density at radius 3 is 2.83 bits per heavy atom. The molecule has 3 aromatic rings. The summed E-state index contributed by atoms with van der Waals surface area (Å²) in [4.78, 5) is 28.6. The van der Waals surface area contributed by atoms with Crippen LogP contribution in [-0.2, 0) is 17.9 Å². The number of thiazole rings is 1. The van der Waals surface area contributed by atoms with Crippen LogP contribution >= 0.6 is 22.9 Å². The Balaban J connectivity index is 1.47. The van der Waals surface area contributed by atoms with Crippen LogP contribution in [0.3, 0.4) is 0 Å². The largest absolute Gasteiger partial charge is 0.350 e. The molecule has 1 amide bonds. The van der Waals surface area contributed by atoms with Crippen molar-refractivity contribution in [1.29, 1.82) is 0 Å². The fourth-order valence-corrected chi connectivity index (χ4v) is 4.54. The smallest absolute Gasteiger partial charge is 0.247 e. The SMILES string of the molecule is Cc1nc(NCc2cnn(Cc3cnc(Cl)s3)c2)nc2c1NC(=O)[C@H](C(C)C)N2C. The van der Waals surface area contributed by atoms with E-state index in [0.29, 0.717) is 29.2 Å². The number of fused-ring (bicyclic) bond motifs is 1. The predicted molar refractivity (Wildman–Crippen MR) is 118 cm³/mol. The third kappa shape index (κ3) is 4.10. The topological polar surface area (TPSA) is 101 Å². The molecule has 0 unspecified atom stereocenters. The van der Waals surface area contributed by atoms with Crippen molar-refractivity contribution >= 4 is 46.3 Å². The number of likely N-dealkylation sites (N-methyl/N-ethyl adjacent to an activating group) is 1. The van der Waals surface area contributed by atoms with E-state index in [9.17, 15) is 4.79 Å². The third-order valence-corrected chi connectivity index (χ3v) is 6.05. The maximum Gasteiger partial charge on any atom is 0.247 e. The predicted octanol–water partition coefficient (Wildman–Crippen LogP) is 3.16. The summed E-state index contributed by atoms with van der Waals surface area (Å²) in [6, 6.07) is -0.266. The van der Waals surface area contributed by atoms with E-state index >= 15 is 0 Å². The van der Waals surface area contributed by atoms with Gasteiger partial charge in [-0.1, -0.05) is 25.4 Å². The highest BCUT2D eigenvalue weighted by molar-refractivity contribution is 7.15. The summed E-state index contributed by atoms with van der Waals surface area (Å²) in [7, 11) is 1.90. The molecule has 0 fully saturated rings. The molecule has 158 valence electrons. The van der Waals surface area contributed by atoms with Crippen molar-refractivity contribution in [3.8, 4) is 0 Å². The van der Waals surface area contributed by atoms with E-state index in [2.05, 4.69) is 30.7 Å². The van der Waals surface area contributed by atoms with Gasteiger partial charge in [-0.2, -0.15) is 10.1 Å². The van der Waals surface area contributed by atoms with Gasteiger partial charge in [-0.25, -0.2) is 9.97 Å². The Bertz CT molecular complexity index is 1080. The van der Waals surface area contributed by atoms with Gasteiger partial charge in [0.1, 0.15) is 11.7 Å². The average Bonchev–Trinajstić information content (AvgIpc) is 3.30. The molecule has 1 aliphatic heterocycles. The standard InChI is InChI=1S/C19H23ClN8OS/c1-10(2)15-17(29)25-14-11(3)24-19(26-16(14)27(15)4)22-5-12-6-23-28(8-12)9-13-7-21-18(20)30-13/h6-8,10,15H,5,9H2,1-4H3,(H,25,29)(H,22,24,26)/t15-/m0/s1. The molecule has 9 nitrogen and oxygen atoms in total. The number of anilines is 3. The fraction of sp³-hybridized carbons (Fsp3) is 0.421. The number of hydrogen-bond acceptors (Lipinski definition) is 8. The number of nitrogens with zero attached hydrogens (tertiary/aromatic N) is 6. The molecule has 3 aromatic heterocycles. The molecule has 4 rings (SSSR count). The van der Waals surface area contributed by atoms with Gasteiger partial charge < -0.3 is 15.5 Å². The van der Waals surface area contributed by atoms with Crippen LogP contribution in [0.5, 0.6) is 0 Å². The van der Waals surface area contributed by atoms with E-state index in [4.69, 9.17) is 11.6 Å². The van der Waals surface area contributed by atoms with Crippen LogP contribution in [0, 0.1) is 12.8 Å². The van der Waals surface area contributed by atoms with Crippen LogP contribution in [0.4, 0.5) is 17.5 Å². The number of amides is 1. The monoisotopic (exact) mass is 446 g/mol. The van der Waals surface area contributed by atoms with Crippen molar-refractivity contribution in [2.24, 2.45) is 5.92 Å². The number of halogens is 1. The highest BCUT2D eigenvalue weighted by Gasteiger charge is 2.35. The van der Waals surface area contributed by atoms with Gasteiger partial charge in [0.25, 0.3) is 0 Å². The van der Waals surface area contributed by atoms with Crippen LogP contribution in [0.1, 0.15) is 30.0 Å². The summed E-state index contributed by atoms with van der Waals surface area (Å²) in [6.45, 7) is 7.08. The van der Waals surface area contributed by atoms with Crippen molar-refractivity contribution in [3.63, 3.8) is 0 Å². The number of carbonyl (C=O) groups excluding carboxylic acids is 1. The lowest BCUT2D eigenvalue weighted by Gasteiger charge is -2.36. The first-order valence-electron chi connectivity index (χ1n) is 9.59. The van der Waals surface area contributed by atoms with Crippen molar-refractivity contribution in [1.82, 2.24) is 24.7 Å². The molecule has 0 saturated heterocycles. The van der Waals surface area contributed by atoms with E-state index < -0.39 is 0 Å². The summed E-state index contributed by atoms with van der Waals surface area (Å²) < 4.78 is 2.37. The zero-order chi connectivity index (χ0) is 21.4. The first-order valence-corrected chi connectivity index (χ1v) is 10.8. The Hall–Kier alpha value is -2.72. The maximum absolute atomic E-state index is 12.4. The molecule has 0 aliphatic carbocycles. The number of hydrogen-bond donors (Lipinski definition) is 2. The van der Waals surface area contributed by atoms with Crippen molar-refractivity contribution < 1.29 is 4.79 Å². The molecule has 0 saturated carbocycles. The minimum absolute atomic E-state index is 0.0259. The quantitative estimate of drug-likeness (QED) is 0.599. The molecule has 30 heavy (non-hydrogen) atoms. The first-order chi connectivity index (χ1) is 14.3. The minimum Gasteiger partial charge on any atom is -0.350 e. The van der Waals surface area contributed by atoms with Gasteiger partial charge in [0.2, 0.25) is 11.9 Å². The second-order valence-electron chi connectivity index (χ2n) is 7.60. The molecule has 0 aromatic carbocycles. The molecule has 11 heteroatoms. The van der Waals surface area contributed by atoms with Crippen LogP contribution in [0.2, 0.25) is 4.47 Å². The lowest BCUT2D eigenvalue weighted by molar-refractivity contribution is -0.118. The van der Waals surface area contributed by atoms with Gasteiger partial charge in [0, 0.05) is 36.4 Å². The fourth-order valence-electron chi connectivity index (χ4n) is 3.57. The number of carbonyl (C=O) groups is 1. The third-order valence-electron chi connectivity index (χ3n) is 4.95. The Morgan fingerprint density at radius 2 is 2.13 bits per heavy atom. The van der Waals surface area contributed by atoms with Crippen LogP contribution in [0.25, 0.3) is 0 Å². The molecule has 1 aliphatic rings. The lowest BCUT2D eigenvalue weighted by atomic mass is 9.99. The van der Waals surface area contributed by atoms with Gasteiger partial charge in [0.05, 0.1) is 18.4 Å². The van der Waals surface area contributed by atoms with Crippen molar-refractivity contribution in [2.45, 2.75) is 39.9 Å². The summed E-state index contributed by atoms with van der Waals surface area (Å²) in [5.41, 5.74) is 2.40. The summed E-state index contributed by atoms with van der Waals surface area (Å²) >= 11 is 7.33. The van der Waals surface area contributed by atoms with E-state index in [1.54, 1.807) is 6.20 Å². The highest BCUT2D eigenvalue weighted by atomic mass is 35.5. The van der Waals surface area contributed by atoms with Gasteiger partial charge in [-0.05, 0) is 12.8 Å². The van der Waals surface area contributed by atoms with Gasteiger partial charge >= 0.3 is 0 Å². The average molecular weight is 447 g/mol. The highest BCUT2D eigenvalue weighted by Crippen LogP contribution is 2.34. The molecule has 0 spiro atoms. The van der Waals surface area contributed by atoms with E-state index in [1.165, 1.54) is 11.3 Å². The minimum atomic E-state index is -0.266. The van der Waals surface area contributed by atoms with E-state index in [0.717, 1.165) is 22.0 Å². The number of aromatic nitrogens is 5. The zero-order valence-corrected chi connectivity index (χ0v) is 18.8. The van der Waals surface area contributed by atoms with E-state index in [1.807, 2.05) is 49.8 Å². The Morgan fingerprint density at radius 1 is 1.33 bits per heavy atom. The molecule has 0 bridgehead atoms. The molecule has 4 heterocycles. The van der Waals surface area contributed by atoms with Gasteiger partial charge in [0.15, 0.2) is 10.3 Å². The normalized spacial score (nSPS) is 16.0. The zero-order valence-electron chi connectivity index (χ0n) is 17.2. The second-order valence-corrected chi connectivity index (χ2v) is 9.30.